The van der Waals surface area contributed by atoms with Crippen molar-refractivity contribution >= 4 is 5.78 Å². The number of hydrogen-bond donors (Lipinski definition) is 0. The van der Waals surface area contributed by atoms with Crippen molar-refractivity contribution in [3.63, 3.8) is 0 Å². The molecule has 3 nitrogen and oxygen atoms in total. The van der Waals surface area contributed by atoms with E-state index in [9.17, 15) is 4.79 Å². The molecule has 1 rings (SSSR count). The Balaban J connectivity index is 2.40. The molecule has 0 spiro atoms. The fourth-order valence-corrected chi connectivity index (χ4v) is 1.20. The smallest absolute Gasteiger partial charge is 0.160 e. The van der Waals surface area contributed by atoms with Gasteiger partial charge in [-0.15, -0.1) is 0 Å². The highest BCUT2D eigenvalue weighted by Crippen LogP contribution is 2.13. The minimum atomic E-state index is 0.0327. The monoisotopic (exact) mass is 222 g/mol. The van der Waals surface area contributed by atoms with Crippen molar-refractivity contribution in [2.45, 2.75) is 20.5 Å². The number of Topliss-reactive ketones (excluding diaryl/α,β-unsaturated/α-hetero) is 1. The van der Waals surface area contributed by atoms with Gasteiger partial charge in [-0.1, -0.05) is 26.0 Å². The van der Waals surface area contributed by atoms with Crippen LogP contribution in [0, 0.1) is 5.92 Å². The van der Waals surface area contributed by atoms with E-state index in [2.05, 4.69) is 0 Å². The highest BCUT2D eigenvalue weighted by molar-refractivity contribution is 5.81. The number of hydrogen-bond acceptors (Lipinski definition) is 3. The largest absolute Gasteiger partial charge is 0.497 e. The summed E-state index contributed by atoms with van der Waals surface area (Å²) in [6, 6.07) is 7.63. The summed E-state index contributed by atoms with van der Waals surface area (Å²) in [6.45, 7) is 4.36. The first kappa shape index (κ1) is 12.7. The third kappa shape index (κ3) is 4.03. The van der Waals surface area contributed by atoms with Gasteiger partial charge in [0.25, 0.3) is 0 Å². The first-order valence-corrected chi connectivity index (χ1v) is 5.37. The minimum Gasteiger partial charge on any atom is -0.497 e. The summed E-state index contributed by atoms with van der Waals surface area (Å²) in [4.78, 5) is 11.3. The Morgan fingerprint density at radius 3 is 2.75 bits per heavy atom. The average molecular weight is 222 g/mol. The first-order valence-electron chi connectivity index (χ1n) is 5.37. The topological polar surface area (TPSA) is 35.5 Å². The second-order valence-corrected chi connectivity index (χ2v) is 3.97. The number of methoxy groups -OCH3 is 1. The molecular weight excluding hydrogens is 204 g/mol. The Kier molecular flexibility index (Phi) is 4.99. The number of ether oxygens (including phenoxy) is 2. The number of rotatable bonds is 6. The van der Waals surface area contributed by atoms with Crippen LogP contribution >= 0.6 is 0 Å². The highest BCUT2D eigenvalue weighted by atomic mass is 16.5. The molecule has 0 aromatic heterocycles. The van der Waals surface area contributed by atoms with Crippen LogP contribution in [0.3, 0.4) is 0 Å². The number of ketones is 1. The van der Waals surface area contributed by atoms with Crippen LogP contribution in [0.5, 0.6) is 5.75 Å². The SMILES string of the molecule is COc1cccc(COCC(=O)C(C)C)c1. The zero-order chi connectivity index (χ0) is 12.0. The van der Waals surface area contributed by atoms with Crippen molar-refractivity contribution in [1.82, 2.24) is 0 Å². The Morgan fingerprint density at radius 2 is 2.12 bits per heavy atom. The standard InChI is InChI=1S/C13H18O3/c1-10(2)13(14)9-16-8-11-5-4-6-12(7-11)15-3/h4-7,10H,8-9H2,1-3H3. The summed E-state index contributed by atoms with van der Waals surface area (Å²) in [6.07, 6.45) is 0. The molecule has 0 bridgehead atoms. The molecule has 0 radical (unpaired) electrons. The molecule has 0 saturated carbocycles. The van der Waals surface area contributed by atoms with Crippen LogP contribution in [0.15, 0.2) is 24.3 Å². The number of benzene rings is 1. The minimum absolute atomic E-state index is 0.0327. The summed E-state index contributed by atoms with van der Waals surface area (Å²) in [5.41, 5.74) is 1.01. The zero-order valence-corrected chi connectivity index (χ0v) is 10.0. The predicted molar refractivity (Wildman–Crippen MR) is 62.5 cm³/mol. The van der Waals surface area contributed by atoms with Gasteiger partial charge >= 0.3 is 0 Å². The van der Waals surface area contributed by atoms with Gasteiger partial charge in [-0.25, -0.2) is 0 Å². The molecule has 88 valence electrons. The van der Waals surface area contributed by atoms with Crippen LogP contribution in [0.4, 0.5) is 0 Å². The van der Waals surface area contributed by atoms with E-state index in [4.69, 9.17) is 9.47 Å². The number of carbonyl (C=O) groups is 1. The molecular formula is C13H18O3. The average Bonchev–Trinajstić information content (AvgIpc) is 2.29. The van der Waals surface area contributed by atoms with Gasteiger partial charge in [-0.3, -0.25) is 4.79 Å². The molecule has 1 aromatic carbocycles. The van der Waals surface area contributed by atoms with Crippen LogP contribution in [-0.2, 0) is 16.1 Å². The lowest BCUT2D eigenvalue weighted by molar-refractivity contribution is -0.126. The second-order valence-electron chi connectivity index (χ2n) is 3.97. The lowest BCUT2D eigenvalue weighted by Crippen LogP contribution is -2.14. The molecule has 0 aliphatic heterocycles. The van der Waals surface area contributed by atoms with Gasteiger partial charge in [0.2, 0.25) is 0 Å². The van der Waals surface area contributed by atoms with Crippen LogP contribution in [0.2, 0.25) is 0 Å². The lowest BCUT2D eigenvalue weighted by atomic mass is 10.1. The summed E-state index contributed by atoms with van der Waals surface area (Å²) < 4.78 is 10.4. The fourth-order valence-electron chi connectivity index (χ4n) is 1.20. The van der Waals surface area contributed by atoms with Gasteiger partial charge in [0.1, 0.15) is 12.4 Å². The van der Waals surface area contributed by atoms with Crippen LogP contribution < -0.4 is 4.74 Å². The lowest BCUT2D eigenvalue weighted by Gasteiger charge is -2.07. The van der Waals surface area contributed by atoms with E-state index < -0.39 is 0 Å². The van der Waals surface area contributed by atoms with Crippen molar-refractivity contribution < 1.29 is 14.3 Å². The number of carbonyl (C=O) groups excluding carboxylic acids is 1. The quantitative estimate of drug-likeness (QED) is 0.741. The van der Waals surface area contributed by atoms with Crippen molar-refractivity contribution in [2.24, 2.45) is 5.92 Å². The van der Waals surface area contributed by atoms with E-state index in [1.54, 1.807) is 7.11 Å². The van der Waals surface area contributed by atoms with E-state index in [0.717, 1.165) is 11.3 Å². The molecule has 0 fully saturated rings. The maximum absolute atomic E-state index is 11.3. The maximum Gasteiger partial charge on any atom is 0.160 e. The molecule has 0 N–H and O–H groups in total. The van der Waals surface area contributed by atoms with Crippen LogP contribution in [0.25, 0.3) is 0 Å². The molecule has 0 unspecified atom stereocenters. The summed E-state index contributed by atoms with van der Waals surface area (Å²) in [5.74, 6) is 0.962. The first-order chi connectivity index (χ1) is 7.63. The van der Waals surface area contributed by atoms with Crippen molar-refractivity contribution in [3.8, 4) is 5.75 Å². The van der Waals surface area contributed by atoms with E-state index in [1.165, 1.54) is 0 Å². The molecule has 0 aliphatic rings. The molecule has 0 heterocycles. The zero-order valence-electron chi connectivity index (χ0n) is 10.0. The van der Waals surface area contributed by atoms with Gasteiger partial charge in [-0.2, -0.15) is 0 Å². The van der Waals surface area contributed by atoms with Gasteiger partial charge in [-0.05, 0) is 17.7 Å². The third-order valence-corrected chi connectivity index (χ3v) is 2.29. The predicted octanol–water partition coefficient (Wildman–Crippen LogP) is 2.44. The summed E-state index contributed by atoms with van der Waals surface area (Å²) in [5, 5.41) is 0. The summed E-state index contributed by atoms with van der Waals surface area (Å²) in [7, 11) is 1.63. The van der Waals surface area contributed by atoms with Crippen LogP contribution in [0.1, 0.15) is 19.4 Å². The van der Waals surface area contributed by atoms with Gasteiger partial charge in [0.05, 0.1) is 13.7 Å². The highest BCUT2D eigenvalue weighted by Gasteiger charge is 2.06. The van der Waals surface area contributed by atoms with Crippen molar-refractivity contribution in [1.29, 1.82) is 0 Å². The Labute approximate surface area is 96.4 Å². The Morgan fingerprint density at radius 1 is 1.38 bits per heavy atom. The molecule has 0 atom stereocenters. The molecule has 16 heavy (non-hydrogen) atoms. The van der Waals surface area contributed by atoms with Crippen molar-refractivity contribution in [2.75, 3.05) is 13.7 Å². The van der Waals surface area contributed by atoms with Gasteiger partial charge in [0.15, 0.2) is 5.78 Å². The van der Waals surface area contributed by atoms with E-state index >= 15 is 0 Å². The Bertz CT molecular complexity index is 345. The molecule has 1 aromatic rings. The van der Waals surface area contributed by atoms with Crippen LogP contribution in [-0.4, -0.2) is 19.5 Å². The maximum atomic E-state index is 11.3. The molecule has 0 aliphatic carbocycles. The summed E-state index contributed by atoms with van der Waals surface area (Å²) >= 11 is 0. The van der Waals surface area contributed by atoms with Crippen molar-refractivity contribution in [3.05, 3.63) is 29.8 Å². The Hall–Kier alpha value is -1.35. The van der Waals surface area contributed by atoms with E-state index in [1.807, 2.05) is 38.1 Å². The van der Waals surface area contributed by atoms with Gasteiger partial charge in [0, 0.05) is 5.92 Å². The molecule has 0 amide bonds. The normalized spacial score (nSPS) is 10.5. The molecule has 3 heteroatoms. The third-order valence-electron chi connectivity index (χ3n) is 2.29. The van der Waals surface area contributed by atoms with Gasteiger partial charge < -0.3 is 9.47 Å². The van der Waals surface area contributed by atoms with E-state index in [0.29, 0.717) is 6.61 Å². The molecule has 0 saturated heterocycles. The fraction of sp³-hybridized carbons (Fsp3) is 0.462. The van der Waals surface area contributed by atoms with E-state index in [-0.39, 0.29) is 18.3 Å². The second kappa shape index (κ2) is 6.28.